The van der Waals surface area contributed by atoms with Crippen LogP contribution in [0.4, 0.5) is 0 Å². The molecule has 0 aromatic rings. The van der Waals surface area contributed by atoms with Crippen LogP contribution in [0.1, 0.15) is 6.42 Å². The number of rotatable bonds is 10. The van der Waals surface area contributed by atoms with Crippen molar-refractivity contribution in [1.82, 2.24) is 4.90 Å². The molecular weight excluding hydrogens is 547 g/mol. The molecule has 0 aromatic heterocycles. The van der Waals surface area contributed by atoms with E-state index < -0.39 is 60.4 Å². The first kappa shape index (κ1) is 27.9. The molecule has 35 heavy (non-hydrogen) atoms. The molecule has 6 atom stereocenters. The largest absolute Gasteiger partial charge is 0.490 e. The minimum atomic E-state index is -5.76. The number of phosphoric ester groups is 1. The van der Waals surface area contributed by atoms with Crippen molar-refractivity contribution in [3.8, 4) is 0 Å². The monoisotopic (exact) mass is 565 g/mol. The molecule has 3 rings (SSSR count). The van der Waals surface area contributed by atoms with Gasteiger partial charge in [-0.2, -0.15) is 8.62 Å². The first-order valence-corrected chi connectivity index (χ1v) is 13.4. The number of aliphatic hydroxyl groups is 1. The van der Waals surface area contributed by atoms with E-state index in [9.17, 15) is 28.6 Å². The van der Waals surface area contributed by atoms with Crippen LogP contribution in [0.5, 0.6) is 0 Å². The average molecular weight is 565 g/mol. The number of ether oxygens (including phenoxy) is 1. The third-order valence-electron chi connectivity index (χ3n) is 4.49. The Bertz CT molecular complexity index is 1150. The van der Waals surface area contributed by atoms with Crippen LogP contribution in [-0.4, -0.2) is 84.6 Å². The third-order valence-corrected chi connectivity index (χ3v) is 8.30. The summed E-state index contributed by atoms with van der Waals surface area (Å²) in [4.78, 5) is 56.3. The summed E-state index contributed by atoms with van der Waals surface area (Å²) in [5.74, 6) is 0.947. The highest BCUT2D eigenvalue weighted by Crippen LogP contribution is 2.66. The maximum atomic E-state index is 12.0. The Kier molecular flexibility index (Phi) is 7.70. The van der Waals surface area contributed by atoms with E-state index in [0.29, 0.717) is 0 Å². The Morgan fingerprint density at radius 3 is 2.57 bits per heavy atom. The zero-order chi connectivity index (χ0) is 26.3. The van der Waals surface area contributed by atoms with E-state index in [0.717, 1.165) is 6.34 Å². The Labute approximate surface area is 193 Å². The number of nitrogens with zero attached hydrogens (tertiary/aromatic N) is 7. The van der Waals surface area contributed by atoms with Gasteiger partial charge in [0.2, 0.25) is 11.6 Å². The fraction of sp³-hybridized carbons (Fsp3) is 0.700. The van der Waals surface area contributed by atoms with Gasteiger partial charge in [-0.25, -0.2) is 29.6 Å². The van der Waals surface area contributed by atoms with Crippen LogP contribution in [0.15, 0.2) is 20.1 Å². The van der Waals surface area contributed by atoms with Gasteiger partial charge in [-0.15, -0.1) is 0 Å². The van der Waals surface area contributed by atoms with Crippen molar-refractivity contribution in [3.63, 3.8) is 0 Å². The topological polar surface area (TPSA) is 340 Å². The molecule has 1 saturated heterocycles. The SMILES string of the molecule is [N-]=[N+]=NC1(N)N=CN=C2C1=NCN2[C@H]1C[C@@](O)(ON)[C@@H](COP(=O)(O)OP(=O)(O)OP(=O)(O)O)O1. The second-order valence-corrected chi connectivity index (χ2v) is 11.3. The lowest BCUT2D eigenvalue weighted by molar-refractivity contribution is -0.238. The highest BCUT2D eigenvalue weighted by atomic mass is 31.3. The van der Waals surface area contributed by atoms with E-state index in [2.05, 4.69) is 43.0 Å². The zero-order valence-corrected chi connectivity index (χ0v) is 19.7. The Hall–Kier alpha value is -1.67. The standard InChI is InChI=1S/C10H18N9O13P3/c11-10(17-18-12)7-8(14-3-16-10)19(4-15-7)6-1-9(20,30-13)5(29-6)2-28-34(24,25)32-35(26,27)31-33(21,22)23/h3,5-6,20H,1-2,4,11,13H2,(H,24,25)(H,26,27)(H2,21,22,23)/t5-,6-,9-,10?/m1/s1. The van der Waals surface area contributed by atoms with E-state index in [1.165, 1.54) is 4.90 Å². The van der Waals surface area contributed by atoms with Gasteiger partial charge in [-0.3, -0.25) is 20.1 Å². The van der Waals surface area contributed by atoms with Gasteiger partial charge in [-0.1, -0.05) is 0 Å². The molecule has 1 fully saturated rings. The lowest BCUT2D eigenvalue weighted by Gasteiger charge is -2.29. The van der Waals surface area contributed by atoms with Crippen LogP contribution >= 0.6 is 23.5 Å². The fourth-order valence-electron chi connectivity index (χ4n) is 3.11. The molecule has 3 aliphatic rings. The minimum Gasteiger partial charge on any atom is -0.362 e. The molecule has 0 saturated carbocycles. The van der Waals surface area contributed by atoms with Crippen molar-refractivity contribution >= 4 is 41.4 Å². The van der Waals surface area contributed by atoms with E-state index in [1.54, 1.807) is 0 Å². The van der Waals surface area contributed by atoms with Crippen LogP contribution in [0.2, 0.25) is 0 Å². The normalized spacial score (nSPS) is 33.9. The molecule has 0 radical (unpaired) electrons. The van der Waals surface area contributed by atoms with Gasteiger partial charge in [0.05, 0.1) is 13.0 Å². The second kappa shape index (κ2) is 9.66. The number of amidine groups is 1. The molecule has 3 aliphatic heterocycles. The molecule has 196 valence electrons. The van der Waals surface area contributed by atoms with E-state index in [1.807, 2.05) is 0 Å². The summed E-state index contributed by atoms with van der Waals surface area (Å²) in [5.41, 5.74) is 14.6. The maximum Gasteiger partial charge on any atom is 0.490 e. The molecule has 0 bridgehead atoms. The molecule has 0 aliphatic carbocycles. The molecule has 0 amide bonds. The first-order chi connectivity index (χ1) is 16.0. The summed E-state index contributed by atoms with van der Waals surface area (Å²) in [6.07, 6.45) is -2.18. The Balaban J connectivity index is 1.70. The second-order valence-electron chi connectivity index (χ2n) is 6.86. The van der Waals surface area contributed by atoms with Crippen molar-refractivity contribution in [2.24, 2.45) is 31.7 Å². The smallest absolute Gasteiger partial charge is 0.362 e. The molecule has 0 aromatic carbocycles. The fourth-order valence-corrected chi connectivity index (χ4v) is 6.12. The molecule has 3 unspecified atom stereocenters. The van der Waals surface area contributed by atoms with Gasteiger partial charge < -0.3 is 34.3 Å². The molecule has 22 nitrogen and oxygen atoms in total. The van der Waals surface area contributed by atoms with Crippen LogP contribution < -0.4 is 11.6 Å². The van der Waals surface area contributed by atoms with Crippen LogP contribution in [0, 0.1) is 0 Å². The minimum absolute atomic E-state index is 0.0182. The van der Waals surface area contributed by atoms with Crippen molar-refractivity contribution in [2.75, 3.05) is 13.3 Å². The molecule has 0 spiro atoms. The van der Waals surface area contributed by atoms with Crippen LogP contribution in [0.3, 0.4) is 0 Å². The van der Waals surface area contributed by atoms with Crippen molar-refractivity contribution in [3.05, 3.63) is 10.4 Å². The number of hydrogen-bond acceptors (Lipinski definition) is 16. The third kappa shape index (κ3) is 6.37. The van der Waals surface area contributed by atoms with E-state index in [-0.39, 0.29) is 18.2 Å². The van der Waals surface area contributed by atoms with Crippen molar-refractivity contribution in [1.29, 1.82) is 0 Å². The van der Waals surface area contributed by atoms with Gasteiger partial charge >= 0.3 is 23.5 Å². The average Bonchev–Trinajstić information content (AvgIpc) is 3.26. The van der Waals surface area contributed by atoms with E-state index >= 15 is 0 Å². The Morgan fingerprint density at radius 2 is 1.97 bits per heavy atom. The summed E-state index contributed by atoms with van der Waals surface area (Å²) in [5, 5.41) is 14.0. The lowest BCUT2D eigenvalue weighted by atomic mass is 10.1. The van der Waals surface area contributed by atoms with Gasteiger partial charge in [0, 0.05) is 4.91 Å². The molecule has 25 heteroatoms. The van der Waals surface area contributed by atoms with Gasteiger partial charge in [0.15, 0.2) is 5.84 Å². The van der Waals surface area contributed by atoms with Gasteiger partial charge in [0.25, 0.3) is 0 Å². The lowest BCUT2D eigenvalue weighted by Crippen LogP contribution is -2.52. The molecule has 3 heterocycles. The predicted molar refractivity (Wildman–Crippen MR) is 109 cm³/mol. The van der Waals surface area contributed by atoms with Crippen LogP contribution in [0.25, 0.3) is 10.4 Å². The van der Waals surface area contributed by atoms with Gasteiger partial charge in [-0.05, 0) is 10.6 Å². The number of hydrogen-bond donors (Lipinski definition) is 7. The summed E-state index contributed by atoms with van der Waals surface area (Å²) >= 11 is 0. The quantitative estimate of drug-likeness (QED) is 0.0380. The van der Waals surface area contributed by atoms with Crippen molar-refractivity contribution in [2.45, 2.75) is 30.3 Å². The summed E-state index contributed by atoms with van der Waals surface area (Å²) in [6.45, 7) is -1.21. The highest BCUT2D eigenvalue weighted by Gasteiger charge is 2.54. The van der Waals surface area contributed by atoms with Crippen molar-refractivity contribution < 1.29 is 61.1 Å². The number of azide groups is 1. The van der Waals surface area contributed by atoms with Crippen LogP contribution in [-0.2, 0) is 36.4 Å². The predicted octanol–water partition coefficient (Wildman–Crippen LogP) is -1.90. The van der Waals surface area contributed by atoms with Gasteiger partial charge in [0.1, 0.15) is 31.1 Å². The maximum absolute atomic E-state index is 12.0. The molecule has 9 N–H and O–H groups in total. The number of aliphatic imine (C=N–C) groups is 3. The first-order valence-electron chi connectivity index (χ1n) is 8.86. The number of phosphoric acid groups is 3. The number of nitrogens with two attached hydrogens (primary N) is 2. The zero-order valence-electron chi connectivity index (χ0n) is 17.0. The highest BCUT2D eigenvalue weighted by molar-refractivity contribution is 7.66. The summed E-state index contributed by atoms with van der Waals surface area (Å²) in [6, 6.07) is 0. The van der Waals surface area contributed by atoms with E-state index in [4.69, 9.17) is 31.7 Å². The summed E-state index contributed by atoms with van der Waals surface area (Å²) < 4.78 is 51.3. The summed E-state index contributed by atoms with van der Waals surface area (Å²) in [7, 11) is -16.9. The number of fused-ring (bicyclic) bond motifs is 1. The molecular formula is C10H18N9O13P3. The Morgan fingerprint density at radius 1 is 1.29 bits per heavy atom.